The molecule has 1 N–H and O–H groups in total. The zero-order valence-corrected chi connectivity index (χ0v) is 16.5. The SMILES string of the molecule is CCN1CCN(c2c(Cl)cccc2NC(=O)c2ccc(Br)cc2)CC1. The van der Waals surface area contributed by atoms with Crippen LogP contribution in [0.5, 0.6) is 0 Å². The highest BCUT2D eigenvalue weighted by molar-refractivity contribution is 9.10. The second-order valence-electron chi connectivity index (χ2n) is 6.02. The fraction of sp³-hybridized carbons (Fsp3) is 0.316. The van der Waals surface area contributed by atoms with Crippen molar-refractivity contribution in [2.75, 3.05) is 42.9 Å². The Labute approximate surface area is 161 Å². The van der Waals surface area contributed by atoms with E-state index in [4.69, 9.17) is 11.6 Å². The minimum absolute atomic E-state index is 0.136. The number of nitrogens with one attached hydrogen (secondary N) is 1. The number of hydrogen-bond acceptors (Lipinski definition) is 3. The van der Waals surface area contributed by atoms with Crippen LogP contribution in [0, 0.1) is 0 Å². The number of piperazine rings is 1. The van der Waals surface area contributed by atoms with Gasteiger partial charge in [-0.2, -0.15) is 0 Å². The molecule has 0 unspecified atom stereocenters. The van der Waals surface area contributed by atoms with E-state index in [-0.39, 0.29) is 5.91 Å². The maximum atomic E-state index is 12.6. The van der Waals surface area contributed by atoms with Gasteiger partial charge >= 0.3 is 0 Å². The predicted molar refractivity (Wildman–Crippen MR) is 108 cm³/mol. The third kappa shape index (κ3) is 4.35. The number of carbonyl (C=O) groups excluding carboxylic acids is 1. The minimum Gasteiger partial charge on any atom is -0.366 e. The monoisotopic (exact) mass is 421 g/mol. The van der Waals surface area contributed by atoms with E-state index >= 15 is 0 Å². The number of amides is 1. The van der Waals surface area contributed by atoms with Gasteiger partial charge in [0.1, 0.15) is 0 Å². The average Bonchev–Trinajstić information content (AvgIpc) is 2.62. The van der Waals surface area contributed by atoms with Crippen molar-refractivity contribution in [1.29, 1.82) is 0 Å². The Morgan fingerprint density at radius 1 is 1.12 bits per heavy atom. The number of hydrogen-bond donors (Lipinski definition) is 1. The number of para-hydroxylation sites is 1. The Hall–Kier alpha value is -1.56. The van der Waals surface area contributed by atoms with E-state index in [1.165, 1.54) is 0 Å². The average molecular weight is 423 g/mol. The molecule has 1 aliphatic heterocycles. The van der Waals surface area contributed by atoms with E-state index in [1.807, 2.05) is 30.3 Å². The second kappa shape index (κ2) is 8.21. The molecule has 4 nitrogen and oxygen atoms in total. The van der Waals surface area contributed by atoms with Crippen LogP contribution < -0.4 is 10.2 Å². The van der Waals surface area contributed by atoms with Gasteiger partial charge in [-0.25, -0.2) is 0 Å². The van der Waals surface area contributed by atoms with Gasteiger partial charge in [-0.15, -0.1) is 0 Å². The first kappa shape index (κ1) is 18.2. The molecule has 0 spiro atoms. The first-order chi connectivity index (χ1) is 12.1. The lowest BCUT2D eigenvalue weighted by atomic mass is 10.1. The Kier molecular flexibility index (Phi) is 5.99. The molecular weight excluding hydrogens is 402 g/mol. The lowest BCUT2D eigenvalue weighted by Crippen LogP contribution is -2.46. The topological polar surface area (TPSA) is 35.6 Å². The van der Waals surface area contributed by atoms with Crippen LogP contribution >= 0.6 is 27.5 Å². The van der Waals surface area contributed by atoms with Gasteiger partial charge in [0.15, 0.2) is 0 Å². The largest absolute Gasteiger partial charge is 0.366 e. The number of likely N-dealkylation sites (N-methyl/N-ethyl adjacent to an activating group) is 1. The fourth-order valence-corrected chi connectivity index (χ4v) is 3.58. The van der Waals surface area contributed by atoms with Crippen LogP contribution in [-0.4, -0.2) is 43.5 Å². The summed E-state index contributed by atoms with van der Waals surface area (Å²) in [5.74, 6) is -0.136. The van der Waals surface area contributed by atoms with Crippen molar-refractivity contribution in [3.05, 3.63) is 57.5 Å². The van der Waals surface area contributed by atoms with Gasteiger partial charge in [0.25, 0.3) is 5.91 Å². The summed E-state index contributed by atoms with van der Waals surface area (Å²) < 4.78 is 0.946. The summed E-state index contributed by atoms with van der Waals surface area (Å²) >= 11 is 9.86. The van der Waals surface area contributed by atoms with Crippen LogP contribution in [0.1, 0.15) is 17.3 Å². The third-order valence-electron chi connectivity index (χ3n) is 4.48. The molecular formula is C19H21BrClN3O. The highest BCUT2D eigenvalue weighted by Gasteiger charge is 2.21. The van der Waals surface area contributed by atoms with Gasteiger partial charge in [-0.3, -0.25) is 4.79 Å². The molecule has 0 saturated carbocycles. The molecule has 25 heavy (non-hydrogen) atoms. The Balaban J connectivity index is 1.81. The van der Waals surface area contributed by atoms with Gasteiger partial charge in [-0.1, -0.05) is 40.5 Å². The summed E-state index contributed by atoms with van der Waals surface area (Å²) in [5, 5.41) is 3.68. The van der Waals surface area contributed by atoms with Gasteiger partial charge in [0, 0.05) is 36.2 Å². The van der Waals surface area contributed by atoms with Crippen LogP contribution in [-0.2, 0) is 0 Å². The number of benzene rings is 2. The summed E-state index contributed by atoms with van der Waals surface area (Å²) in [6, 6.07) is 13.0. The lowest BCUT2D eigenvalue weighted by Gasteiger charge is -2.36. The minimum atomic E-state index is -0.136. The van der Waals surface area contributed by atoms with Gasteiger partial charge in [0.2, 0.25) is 0 Å². The highest BCUT2D eigenvalue weighted by atomic mass is 79.9. The van der Waals surface area contributed by atoms with Crippen LogP contribution in [0.15, 0.2) is 46.9 Å². The van der Waals surface area contributed by atoms with E-state index in [2.05, 4.69) is 38.0 Å². The molecule has 0 bridgehead atoms. The van der Waals surface area contributed by atoms with Crippen molar-refractivity contribution in [3.63, 3.8) is 0 Å². The third-order valence-corrected chi connectivity index (χ3v) is 5.31. The van der Waals surface area contributed by atoms with E-state index in [9.17, 15) is 4.79 Å². The molecule has 1 amide bonds. The molecule has 6 heteroatoms. The number of halogens is 2. The first-order valence-electron chi connectivity index (χ1n) is 8.41. The number of rotatable bonds is 4. The van der Waals surface area contributed by atoms with Gasteiger partial charge in [-0.05, 0) is 42.9 Å². The first-order valence-corrected chi connectivity index (χ1v) is 9.58. The molecule has 0 aliphatic carbocycles. The summed E-state index contributed by atoms with van der Waals surface area (Å²) in [6.07, 6.45) is 0. The lowest BCUT2D eigenvalue weighted by molar-refractivity contribution is 0.102. The van der Waals surface area contributed by atoms with Crippen LogP contribution in [0.2, 0.25) is 5.02 Å². The Bertz CT molecular complexity index is 743. The molecule has 2 aromatic rings. The zero-order chi connectivity index (χ0) is 17.8. The Morgan fingerprint density at radius 2 is 1.80 bits per heavy atom. The van der Waals surface area contributed by atoms with Crippen LogP contribution in [0.4, 0.5) is 11.4 Å². The molecule has 3 rings (SSSR count). The van der Waals surface area contributed by atoms with E-state index < -0.39 is 0 Å². The summed E-state index contributed by atoms with van der Waals surface area (Å²) in [6.45, 7) is 7.04. The molecule has 0 aromatic heterocycles. The quantitative estimate of drug-likeness (QED) is 0.788. The van der Waals surface area contributed by atoms with Crippen molar-refractivity contribution in [1.82, 2.24) is 4.90 Å². The molecule has 1 heterocycles. The normalized spacial score (nSPS) is 15.2. The van der Waals surface area contributed by atoms with Gasteiger partial charge in [0.05, 0.1) is 16.4 Å². The fourth-order valence-electron chi connectivity index (χ4n) is 3.02. The van der Waals surface area contributed by atoms with Crippen molar-refractivity contribution >= 4 is 44.8 Å². The molecule has 0 radical (unpaired) electrons. The van der Waals surface area contributed by atoms with E-state index in [1.54, 1.807) is 12.1 Å². The molecule has 1 aliphatic rings. The van der Waals surface area contributed by atoms with Crippen molar-refractivity contribution < 1.29 is 4.79 Å². The van der Waals surface area contributed by atoms with E-state index in [0.29, 0.717) is 10.6 Å². The summed E-state index contributed by atoms with van der Waals surface area (Å²) in [7, 11) is 0. The smallest absolute Gasteiger partial charge is 0.255 e. The molecule has 1 saturated heterocycles. The molecule has 1 fully saturated rings. The number of anilines is 2. The molecule has 132 valence electrons. The standard InChI is InChI=1S/C19H21BrClN3O/c1-2-23-10-12-24(13-11-23)18-16(21)4-3-5-17(18)22-19(25)14-6-8-15(20)9-7-14/h3-9H,2,10-13H2,1H3,(H,22,25). The molecule has 2 aromatic carbocycles. The Morgan fingerprint density at radius 3 is 2.44 bits per heavy atom. The highest BCUT2D eigenvalue weighted by Crippen LogP contribution is 2.35. The van der Waals surface area contributed by atoms with Crippen molar-refractivity contribution in [3.8, 4) is 0 Å². The summed E-state index contributed by atoms with van der Waals surface area (Å²) in [5.41, 5.74) is 2.28. The van der Waals surface area contributed by atoms with Crippen LogP contribution in [0.3, 0.4) is 0 Å². The van der Waals surface area contributed by atoms with Crippen LogP contribution in [0.25, 0.3) is 0 Å². The zero-order valence-electron chi connectivity index (χ0n) is 14.1. The maximum Gasteiger partial charge on any atom is 0.255 e. The van der Waals surface area contributed by atoms with E-state index in [0.717, 1.165) is 48.6 Å². The summed E-state index contributed by atoms with van der Waals surface area (Å²) in [4.78, 5) is 17.2. The van der Waals surface area contributed by atoms with Crippen molar-refractivity contribution in [2.24, 2.45) is 0 Å². The number of carbonyl (C=O) groups is 1. The molecule has 0 atom stereocenters. The predicted octanol–water partition coefficient (Wildman–Crippen LogP) is 4.50. The number of nitrogens with zero attached hydrogens (tertiary/aromatic N) is 2. The maximum absolute atomic E-state index is 12.6. The second-order valence-corrected chi connectivity index (χ2v) is 7.34. The van der Waals surface area contributed by atoms with Gasteiger partial charge < -0.3 is 15.1 Å². The van der Waals surface area contributed by atoms with Crippen molar-refractivity contribution in [2.45, 2.75) is 6.92 Å².